The van der Waals surface area contributed by atoms with Crippen molar-refractivity contribution in [3.8, 4) is 55.8 Å². The molecule has 0 fully saturated rings. The lowest BCUT2D eigenvalue weighted by Gasteiger charge is -2.30. The minimum absolute atomic E-state index is 0.346. The zero-order valence-corrected chi connectivity index (χ0v) is 39.7. The monoisotopic (exact) mass is 928 g/mol. The molecular formula is C69H44N4. The van der Waals surface area contributed by atoms with Crippen LogP contribution in [0.5, 0.6) is 0 Å². The number of para-hydroxylation sites is 1. The topological polar surface area (TPSA) is 49.6 Å². The van der Waals surface area contributed by atoms with Crippen LogP contribution in [0.25, 0.3) is 88.2 Å². The summed E-state index contributed by atoms with van der Waals surface area (Å²) in [7, 11) is 0. The maximum atomic E-state index is 5.39. The molecule has 12 aromatic rings. The van der Waals surface area contributed by atoms with Crippen molar-refractivity contribution < 1.29 is 0 Å². The van der Waals surface area contributed by atoms with E-state index in [0.29, 0.717) is 5.84 Å². The molecule has 1 N–H and O–H groups in total. The molecule has 1 unspecified atom stereocenters. The van der Waals surface area contributed by atoms with Crippen LogP contribution in [0.4, 0.5) is 0 Å². The van der Waals surface area contributed by atoms with Crippen molar-refractivity contribution in [3.63, 3.8) is 0 Å². The Morgan fingerprint density at radius 3 is 1.56 bits per heavy atom. The standard InChI is InChI=1S/C69H44N4/c1-3-19-43(20-4-1)66-71-67(44-21-5-2-6-22-44)73-68(72-66)48-40-46(45-37-38-56-55-26-11-15-35-62(55)69(63(56)42-45)60-33-13-9-24-53(60)54-25-10-14-34-61(54)69)39-47(41-48)49-29-17-31-51-50(49)30-18-32-59(51)65-58-28-8-7-23-52(58)57-27-12-16-36-64(57)70-65/h1-42,66H,(H,71,72,73). The van der Waals surface area contributed by atoms with E-state index in [0.717, 1.165) is 83.1 Å². The number of nitrogens with one attached hydrogen (secondary N) is 1. The highest BCUT2D eigenvalue weighted by atomic mass is 15.2. The minimum Gasteiger partial charge on any atom is -0.344 e. The van der Waals surface area contributed by atoms with Crippen molar-refractivity contribution in [2.45, 2.75) is 11.6 Å². The summed E-state index contributed by atoms with van der Waals surface area (Å²) in [5.41, 5.74) is 20.5. The van der Waals surface area contributed by atoms with E-state index in [-0.39, 0.29) is 6.17 Å². The quantitative estimate of drug-likeness (QED) is 0.169. The van der Waals surface area contributed by atoms with E-state index >= 15 is 0 Å². The number of hydrogen-bond acceptors (Lipinski definition) is 4. The predicted molar refractivity (Wildman–Crippen MR) is 301 cm³/mol. The van der Waals surface area contributed by atoms with Crippen LogP contribution in [0, 0.1) is 0 Å². The van der Waals surface area contributed by atoms with E-state index in [1.54, 1.807) is 0 Å². The van der Waals surface area contributed by atoms with Crippen molar-refractivity contribution in [2.24, 2.45) is 9.98 Å². The number of benzene rings is 11. The third kappa shape index (κ3) is 6.30. The Hall–Kier alpha value is -9.51. The molecule has 2 aliphatic carbocycles. The van der Waals surface area contributed by atoms with Crippen LogP contribution < -0.4 is 5.32 Å². The number of pyridine rings is 1. The van der Waals surface area contributed by atoms with E-state index in [4.69, 9.17) is 15.0 Å². The van der Waals surface area contributed by atoms with Gasteiger partial charge in [0.05, 0.1) is 16.6 Å². The molecule has 0 saturated carbocycles. The molecule has 0 saturated heterocycles. The molecule has 0 amide bonds. The smallest absolute Gasteiger partial charge is 0.159 e. The number of rotatable bonds is 6. The molecule has 340 valence electrons. The first kappa shape index (κ1) is 41.3. The van der Waals surface area contributed by atoms with Crippen LogP contribution in [0.3, 0.4) is 0 Å². The first-order chi connectivity index (χ1) is 36.2. The lowest BCUT2D eigenvalue weighted by atomic mass is 9.70. The zero-order chi connectivity index (χ0) is 48.0. The van der Waals surface area contributed by atoms with Crippen LogP contribution in [0.15, 0.2) is 265 Å². The molecule has 4 heteroatoms. The third-order valence-corrected chi connectivity index (χ3v) is 15.5. The number of aliphatic imine (C=N–C) groups is 2. The third-order valence-electron chi connectivity index (χ3n) is 15.5. The summed E-state index contributed by atoms with van der Waals surface area (Å²) in [6.45, 7) is 0. The van der Waals surface area contributed by atoms with E-state index in [1.165, 1.54) is 49.9 Å². The second kappa shape index (κ2) is 16.3. The molecule has 73 heavy (non-hydrogen) atoms. The lowest BCUT2D eigenvalue weighted by Crippen LogP contribution is -2.33. The fourth-order valence-corrected chi connectivity index (χ4v) is 12.4. The van der Waals surface area contributed by atoms with Crippen LogP contribution in [0.2, 0.25) is 0 Å². The first-order valence-electron chi connectivity index (χ1n) is 25.1. The zero-order valence-electron chi connectivity index (χ0n) is 39.7. The Balaban J connectivity index is 0.966. The molecule has 4 nitrogen and oxygen atoms in total. The van der Waals surface area contributed by atoms with Gasteiger partial charge in [-0.15, -0.1) is 0 Å². The van der Waals surface area contributed by atoms with Crippen LogP contribution >= 0.6 is 0 Å². The van der Waals surface area contributed by atoms with E-state index in [9.17, 15) is 0 Å². The first-order valence-corrected chi connectivity index (χ1v) is 25.1. The molecule has 11 aromatic carbocycles. The Bertz CT molecular complexity index is 4240. The van der Waals surface area contributed by atoms with Gasteiger partial charge in [0.15, 0.2) is 5.84 Å². The maximum Gasteiger partial charge on any atom is 0.159 e. The number of fused-ring (bicyclic) bond motifs is 14. The van der Waals surface area contributed by atoms with Crippen LogP contribution in [-0.4, -0.2) is 16.7 Å². The summed E-state index contributed by atoms with van der Waals surface area (Å²) in [4.78, 5) is 16.0. The Labute approximate surface area is 423 Å². The summed E-state index contributed by atoms with van der Waals surface area (Å²) in [5.74, 6) is 1.46. The highest BCUT2D eigenvalue weighted by Gasteiger charge is 2.51. The van der Waals surface area contributed by atoms with Crippen molar-refractivity contribution in [1.82, 2.24) is 10.3 Å². The summed E-state index contributed by atoms with van der Waals surface area (Å²) in [6, 6.07) is 92.6. The van der Waals surface area contributed by atoms with Gasteiger partial charge in [0.1, 0.15) is 12.0 Å². The predicted octanol–water partition coefficient (Wildman–Crippen LogP) is 16.4. The molecule has 0 radical (unpaired) electrons. The van der Waals surface area contributed by atoms with Crippen molar-refractivity contribution in [1.29, 1.82) is 0 Å². The highest BCUT2D eigenvalue weighted by Crippen LogP contribution is 2.63. The minimum atomic E-state index is -0.471. The van der Waals surface area contributed by atoms with Gasteiger partial charge in [0, 0.05) is 27.5 Å². The lowest BCUT2D eigenvalue weighted by molar-refractivity contribution is 0.674. The van der Waals surface area contributed by atoms with E-state index in [2.05, 4.69) is 254 Å². The van der Waals surface area contributed by atoms with E-state index < -0.39 is 5.41 Å². The number of hydrogen-bond donors (Lipinski definition) is 1. The van der Waals surface area contributed by atoms with Gasteiger partial charge in [-0.2, -0.15) is 0 Å². The average Bonchev–Trinajstić information content (AvgIpc) is 4.00. The normalized spacial score (nSPS) is 14.8. The largest absolute Gasteiger partial charge is 0.344 e. The molecule has 1 atom stereocenters. The van der Waals surface area contributed by atoms with Crippen molar-refractivity contribution in [3.05, 3.63) is 294 Å². The van der Waals surface area contributed by atoms with Gasteiger partial charge in [-0.05, 0) is 119 Å². The number of nitrogens with zero attached hydrogens (tertiary/aromatic N) is 3. The molecule has 2 heterocycles. The van der Waals surface area contributed by atoms with E-state index in [1.807, 2.05) is 6.07 Å². The number of aromatic nitrogens is 1. The molecule has 1 aliphatic heterocycles. The van der Waals surface area contributed by atoms with Crippen LogP contribution in [0.1, 0.15) is 45.1 Å². The fraction of sp³-hybridized carbons (Fsp3) is 0.0290. The van der Waals surface area contributed by atoms with Gasteiger partial charge in [0.2, 0.25) is 0 Å². The molecule has 0 bridgehead atoms. The molecular weight excluding hydrogens is 885 g/mol. The Morgan fingerprint density at radius 2 is 0.849 bits per heavy atom. The van der Waals surface area contributed by atoms with Crippen LogP contribution in [-0.2, 0) is 5.41 Å². The summed E-state index contributed by atoms with van der Waals surface area (Å²) in [5, 5.41) is 9.60. The van der Waals surface area contributed by atoms with Gasteiger partial charge in [-0.25, -0.2) is 15.0 Å². The Morgan fingerprint density at radius 1 is 0.329 bits per heavy atom. The SMILES string of the molecule is c1ccc(C2=NC(c3ccccc3)NC(c3cc(-c4ccc5c(c4)C4(c6ccccc6-c6ccccc64)c4ccccc4-5)cc(-c4cccc5c(-c6nc7ccccc7c7ccccc67)cccc45)c3)=N2)cc1. The van der Waals surface area contributed by atoms with Gasteiger partial charge >= 0.3 is 0 Å². The summed E-state index contributed by atoms with van der Waals surface area (Å²) in [6.07, 6.45) is -0.346. The van der Waals surface area contributed by atoms with Crippen molar-refractivity contribution in [2.75, 3.05) is 0 Å². The van der Waals surface area contributed by atoms with Gasteiger partial charge in [-0.3, -0.25) is 0 Å². The second-order valence-electron chi connectivity index (χ2n) is 19.4. The molecule has 15 rings (SSSR count). The average molecular weight is 929 g/mol. The van der Waals surface area contributed by atoms with Gasteiger partial charge < -0.3 is 5.32 Å². The molecule has 3 aliphatic rings. The summed E-state index contributed by atoms with van der Waals surface area (Å²) >= 11 is 0. The molecule has 1 spiro atoms. The fourth-order valence-electron chi connectivity index (χ4n) is 12.4. The second-order valence-corrected chi connectivity index (χ2v) is 19.4. The Kier molecular flexibility index (Phi) is 9.21. The molecule has 1 aromatic heterocycles. The number of amidine groups is 2. The van der Waals surface area contributed by atoms with Gasteiger partial charge in [-0.1, -0.05) is 224 Å². The maximum absolute atomic E-state index is 5.39. The highest BCUT2D eigenvalue weighted by molar-refractivity contribution is 6.16. The van der Waals surface area contributed by atoms with Gasteiger partial charge in [0.25, 0.3) is 0 Å². The summed E-state index contributed by atoms with van der Waals surface area (Å²) < 4.78 is 0. The van der Waals surface area contributed by atoms with Crippen molar-refractivity contribution >= 4 is 44.1 Å².